The van der Waals surface area contributed by atoms with Crippen LogP contribution >= 0.6 is 11.3 Å². The second kappa shape index (κ2) is 6.68. The zero-order valence-corrected chi connectivity index (χ0v) is 11.3. The number of carbonyl (C=O) groups is 1. The molecule has 0 saturated carbocycles. The van der Waals surface area contributed by atoms with Gasteiger partial charge in [-0.05, 0) is 21.0 Å². The third kappa shape index (κ3) is 5.76. The number of rotatable bonds is 7. The van der Waals surface area contributed by atoms with Crippen LogP contribution in [0.5, 0.6) is 0 Å². The maximum absolute atomic E-state index is 10.8. The van der Waals surface area contributed by atoms with Crippen molar-refractivity contribution < 1.29 is 9.90 Å². The van der Waals surface area contributed by atoms with Gasteiger partial charge in [-0.2, -0.15) is 0 Å². The Balaban J connectivity index is 2.53. The van der Waals surface area contributed by atoms with Crippen LogP contribution in [0.1, 0.15) is 10.7 Å². The van der Waals surface area contributed by atoms with E-state index in [0.717, 1.165) is 23.8 Å². The van der Waals surface area contributed by atoms with Crippen LogP contribution in [0.25, 0.3) is 0 Å². The first kappa shape index (κ1) is 14.1. The van der Waals surface area contributed by atoms with Gasteiger partial charge in [0.05, 0.1) is 13.1 Å². The number of hydrogen-bond acceptors (Lipinski definition) is 5. The molecule has 0 aromatic carbocycles. The minimum atomic E-state index is -0.794. The quantitative estimate of drug-likeness (QED) is 0.786. The molecule has 1 heterocycles. The van der Waals surface area contributed by atoms with Crippen molar-refractivity contribution in [3.8, 4) is 0 Å². The Morgan fingerprint density at radius 1 is 1.47 bits per heavy atom. The summed E-state index contributed by atoms with van der Waals surface area (Å²) in [6, 6.07) is 0. The largest absolute Gasteiger partial charge is 0.480 e. The highest BCUT2D eigenvalue weighted by Crippen LogP contribution is 2.11. The Hall–Kier alpha value is -0.980. The number of aliphatic carboxylic acids is 1. The fourth-order valence-corrected chi connectivity index (χ4v) is 2.23. The van der Waals surface area contributed by atoms with Gasteiger partial charge in [-0.1, -0.05) is 0 Å². The third-order valence-corrected chi connectivity index (χ3v) is 3.20. The average molecular weight is 257 g/mol. The number of carboxylic acid groups (broad SMARTS) is 1. The molecule has 5 nitrogen and oxygen atoms in total. The van der Waals surface area contributed by atoms with E-state index >= 15 is 0 Å². The molecular formula is C11H19N3O2S. The topological polar surface area (TPSA) is 56.7 Å². The van der Waals surface area contributed by atoms with Crippen molar-refractivity contribution in [2.75, 3.05) is 33.7 Å². The lowest BCUT2D eigenvalue weighted by Gasteiger charge is -2.21. The Labute approximate surface area is 106 Å². The van der Waals surface area contributed by atoms with Gasteiger partial charge in [-0.25, -0.2) is 4.98 Å². The first-order chi connectivity index (χ1) is 7.97. The van der Waals surface area contributed by atoms with Gasteiger partial charge in [-0.15, -0.1) is 11.3 Å². The van der Waals surface area contributed by atoms with Crippen LogP contribution in [-0.4, -0.2) is 59.6 Å². The predicted molar refractivity (Wildman–Crippen MR) is 68.3 cm³/mol. The van der Waals surface area contributed by atoms with Gasteiger partial charge in [0.1, 0.15) is 5.01 Å². The van der Waals surface area contributed by atoms with E-state index in [2.05, 4.69) is 4.98 Å². The van der Waals surface area contributed by atoms with Gasteiger partial charge in [-0.3, -0.25) is 9.69 Å². The molecule has 1 rings (SSSR count). The van der Waals surface area contributed by atoms with Gasteiger partial charge < -0.3 is 10.0 Å². The molecule has 1 N–H and O–H groups in total. The molecule has 17 heavy (non-hydrogen) atoms. The van der Waals surface area contributed by atoms with E-state index < -0.39 is 5.97 Å². The molecule has 0 fully saturated rings. The maximum atomic E-state index is 10.8. The van der Waals surface area contributed by atoms with E-state index in [-0.39, 0.29) is 6.54 Å². The van der Waals surface area contributed by atoms with Crippen LogP contribution in [0.3, 0.4) is 0 Å². The molecule has 0 atom stereocenters. The van der Waals surface area contributed by atoms with Crippen molar-refractivity contribution in [3.63, 3.8) is 0 Å². The molecule has 1 aromatic heterocycles. The van der Waals surface area contributed by atoms with Crippen molar-refractivity contribution >= 4 is 17.3 Å². The summed E-state index contributed by atoms with van der Waals surface area (Å²) in [5, 5.41) is 11.8. The number of nitrogens with zero attached hydrogens (tertiary/aromatic N) is 3. The van der Waals surface area contributed by atoms with Crippen molar-refractivity contribution in [1.82, 2.24) is 14.8 Å². The van der Waals surface area contributed by atoms with Crippen molar-refractivity contribution in [2.24, 2.45) is 0 Å². The molecule has 6 heteroatoms. The lowest BCUT2D eigenvalue weighted by Crippen LogP contribution is -2.35. The van der Waals surface area contributed by atoms with Crippen LogP contribution in [0, 0.1) is 6.92 Å². The van der Waals surface area contributed by atoms with E-state index in [0.29, 0.717) is 6.54 Å². The molecule has 1 aromatic rings. The van der Waals surface area contributed by atoms with E-state index in [1.807, 2.05) is 36.2 Å². The fourth-order valence-electron chi connectivity index (χ4n) is 1.41. The van der Waals surface area contributed by atoms with Crippen LogP contribution in [-0.2, 0) is 11.3 Å². The van der Waals surface area contributed by atoms with Gasteiger partial charge >= 0.3 is 5.97 Å². The van der Waals surface area contributed by atoms with Gasteiger partial charge in [0.15, 0.2) is 0 Å². The lowest BCUT2D eigenvalue weighted by atomic mass is 10.4. The molecule has 0 radical (unpaired) electrons. The number of carboxylic acids is 1. The Morgan fingerprint density at radius 2 is 2.18 bits per heavy atom. The Kier molecular flexibility index (Phi) is 5.54. The molecule has 96 valence electrons. The summed E-state index contributed by atoms with van der Waals surface area (Å²) in [4.78, 5) is 19.1. The third-order valence-electron chi connectivity index (χ3n) is 2.25. The molecule has 0 spiro atoms. The average Bonchev–Trinajstić information content (AvgIpc) is 2.59. The second-order valence-corrected chi connectivity index (χ2v) is 5.23. The molecule has 0 saturated heterocycles. The Morgan fingerprint density at radius 3 is 2.65 bits per heavy atom. The predicted octanol–water partition coefficient (Wildman–Crippen LogP) is 0.900. The summed E-state index contributed by atoms with van der Waals surface area (Å²) in [6.45, 7) is 4.20. The van der Waals surface area contributed by atoms with E-state index in [1.165, 1.54) is 0 Å². The number of hydrogen-bond donors (Lipinski definition) is 1. The molecule has 0 aliphatic carbocycles. The summed E-state index contributed by atoms with van der Waals surface area (Å²) >= 11 is 1.58. The first-order valence-corrected chi connectivity index (χ1v) is 6.35. The molecule has 0 aliphatic heterocycles. The highest BCUT2D eigenvalue weighted by molar-refractivity contribution is 7.09. The summed E-state index contributed by atoms with van der Waals surface area (Å²) in [5.41, 5.74) is 0.993. The van der Waals surface area contributed by atoms with Crippen LogP contribution < -0.4 is 0 Å². The number of thiazole rings is 1. The monoisotopic (exact) mass is 257 g/mol. The van der Waals surface area contributed by atoms with E-state index in [9.17, 15) is 4.79 Å². The van der Waals surface area contributed by atoms with Crippen LogP contribution in [0.4, 0.5) is 0 Å². The minimum Gasteiger partial charge on any atom is -0.480 e. The second-order valence-electron chi connectivity index (χ2n) is 4.29. The molecule has 0 bridgehead atoms. The number of aromatic nitrogens is 1. The smallest absolute Gasteiger partial charge is 0.317 e. The van der Waals surface area contributed by atoms with Crippen molar-refractivity contribution in [2.45, 2.75) is 13.5 Å². The maximum Gasteiger partial charge on any atom is 0.317 e. The molecule has 0 unspecified atom stereocenters. The summed E-state index contributed by atoms with van der Waals surface area (Å²) in [6.07, 6.45) is 0. The standard InChI is InChI=1S/C11H19N3O2S/c1-9-8-17-10(12-9)6-14(7-11(15)16)5-4-13(2)3/h8H,4-7H2,1-3H3,(H,15,16). The minimum absolute atomic E-state index is 0.0620. The summed E-state index contributed by atoms with van der Waals surface area (Å²) < 4.78 is 0. The highest BCUT2D eigenvalue weighted by atomic mass is 32.1. The highest BCUT2D eigenvalue weighted by Gasteiger charge is 2.12. The van der Waals surface area contributed by atoms with Crippen molar-refractivity contribution in [1.29, 1.82) is 0 Å². The van der Waals surface area contributed by atoms with Gasteiger partial charge in [0.25, 0.3) is 0 Å². The summed E-state index contributed by atoms with van der Waals surface area (Å²) in [7, 11) is 3.96. The van der Waals surface area contributed by atoms with E-state index in [4.69, 9.17) is 5.11 Å². The molecule has 0 amide bonds. The van der Waals surface area contributed by atoms with Gasteiger partial charge in [0, 0.05) is 24.2 Å². The van der Waals surface area contributed by atoms with Crippen LogP contribution in [0.15, 0.2) is 5.38 Å². The SMILES string of the molecule is Cc1csc(CN(CCN(C)C)CC(=O)O)n1. The number of aryl methyl sites for hydroxylation is 1. The van der Waals surface area contributed by atoms with Crippen molar-refractivity contribution in [3.05, 3.63) is 16.1 Å². The van der Waals surface area contributed by atoms with E-state index in [1.54, 1.807) is 11.3 Å². The zero-order chi connectivity index (χ0) is 12.8. The Bertz CT molecular complexity index is 365. The first-order valence-electron chi connectivity index (χ1n) is 5.47. The summed E-state index contributed by atoms with van der Waals surface area (Å²) in [5.74, 6) is -0.794. The molecular weight excluding hydrogens is 238 g/mol. The van der Waals surface area contributed by atoms with Gasteiger partial charge in [0.2, 0.25) is 0 Å². The lowest BCUT2D eigenvalue weighted by molar-refractivity contribution is -0.138. The fraction of sp³-hybridized carbons (Fsp3) is 0.636. The normalized spacial score (nSPS) is 11.4. The number of likely N-dealkylation sites (N-methyl/N-ethyl adjacent to an activating group) is 1. The molecule has 0 aliphatic rings. The zero-order valence-electron chi connectivity index (χ0n) is 10.5. The van der Waals surface area contributed by atoms with Crippen LogP contribution in [0.2, 0.25) is 0 Å².